The number of carbonyl (C=O) groups excluding carboxylic acids is 2. The van der Waals surface area contributed by atoms with Crippen molar-refractivity contribution in [3.05, 3.63) is 65.7 Å². The van der Waals surface area contributed by atoms with Crippen LogP contribution in [0.25, 0.3) is 16.9 Å². The molecule has 0 aliphatic rings. The summed E-state index contributed by atoms with van der Waals surface area (Å²) in [7, 11) is 0. The molecule has 0 aliphatic heterocycles. The van der Waals surface area contributed by atoms with Crippen molar-refractivity contribution in [3.8, 4) is 16.9 Å². The van der Waals surface area contributed by atoms with Gasteiger partial charge in [0.15, 0.2) is 0 Å². The van der Waals surface area contributed by atoms with Gasteiger partial charge in [0.25, 0.3) is 0 Å². The van der Waals surface area contributed by atoms with Crippen molar-refractivity contribution in [2.75, 3.05) is 11.9 Å². The van der Waals surface area contributed by atoms with Crippen molar-refractivity contribution >= 4 is 17.6 Å². The summed E-state index contributed by atoms with van der Waals surface area (Å²) in [5.41, 5.74) is 4.81. The maximum atomic E-state index is 12.4. The number of amides is 2. The fraction of sp³-hybridized carbons (Fsp3) is 0.261. The van der Waals surface area contributed by atoms with Crippen LogP contribution in [0.15, 0.2) is 54.6 Å². The maximum absolute atomic E-state index is 12.4. The Morgan fingerprint density at radius 1 is 1.03 bits per heavy atom. The van der Waals surface area contributed by atoms with Gasteiger partial charge >= 0.3 is 0 Å². The number of anilines is 1. The third-order valence-corrected chi connectivity index (χ3v) is 4.57. The van der Waals surface area contributed by atoms with E-state index in [0.29, 0.717) is 5.82 Å². The van der Waals surface area contributed by atoms with E-state index in [1.165, 1.54) is 0 Å². The zero-order valence-electron chi connectivity index (χ0n) is 17.2. The Kier molecular flexibility index (Phi) is 6.12. The van der Waals surface area contributed by atoms with E-state index in [2.05, 4.69) is 16.7 Å². The lowest BCUT2D eigenvalue weighted by atomic mass is 10.1. The van der Waals surface area contributed by atoms with Crippen LogP contribution in [0.2, 0.25) is 0 Å². The Bertz CT molecular complexity index is 1020. The Morgan fingerprint density at radius 2 is 1.76 bits per heavy atom. The average Bonchev–Trinajstić information content (AvgIpc) is 3.10. The van der Waals surface area contributed by atoms with Crippen LogP contribution in [-0.2, 0) is 9.59 Å². The van der Waals surface area contributed by atoms with E-state index in [9.17, 15) is 9.59 Å². The molecule has 0 bridgehead atoms. The Balaban J connectivity index is 1.93. The summed E-state index contributed by atoms with van der Waals surface area (Å²) in [6.07, 6.45) is 0. The third-order valence-electron chi connectivity index (χ3n) is 4.57. The van der Waals surface area contributed by atoms with Gasteiger partial charge in [-0.2, -0.15) is 5.10 Å². The Hall–Kier alpha value is -3.41. The van der Waals surface area contributed by atoms with Crippen LogP contribution in [-0.4, -0.2) is 28.1 Å². The van der Waals surface area contributed by atoms with Gasteiger partial charge in [-0.15, -0.1) is 0 Å². The number of nitrogens with zero attached hydrogens (tertiary/aromatic N) is 2. The van der Waals surface area contributed by atoms with Gasteiger partial charge in [0.05, 0.1) is 17.9 Å². The van der Waals surface area contributed by atoms with Gasteiger partial charge in [0.2, 0.25) is 11.8 Å². The van der Waals surface area contributed by atoms with Crippen molar-refractivity contribution in [2.24, 2.45) is 5.92 Å². The molecular formula is C23H26N4O2. The van der Waals surface area contributed by atoms with Gasteiger partial charge in [0, 0.05) is 17.5 Å². The SMILES string of the molecule is Cc1ccc(-n2nc(-c3ccccc3)cc2NC(=O)CNC(=O)C(C)C)c(C)c1. The van der Waals surface area contributed by atoms with Gasteiger partial charge < -0.3 is 10.6 Å². The number of benzene rings is 2. The molecule has 3 rings (SSSR count). The number of rotatable bonds is 6. The molecule has 0 unspecified atom stereocenters. The third kappa shape index (κ3) is 4.90. The molecule has 150 valence electrons. The molecule has 0 saturated carbocycles. The molecule has 6 nitrogen and oxygen atoms in total. The second-order valence-electron chi connectivity index (χ2n) is 7.40. The average molecular weight is 390 g/mol. The normalized spacial score (nSPS) is 10.8. The first kappa shape index (κ1) is 20.3. The maximum Gasteiger partial charge on any atom is 0.244 e. The molecule has 0 radical (unpaired) electrons. The van der Waals surface area contributed by atoms with E-state index in [0.717, 1.165) is 28.1 Å². The van der Waals surface area contributed by atoms with Crippen molar-refractivity contribution in [1.29, 1.82) is 0 Å². The predicted octanol–water partition coefficient (Wildman–Crippen LogP) is 3.87. The van der Waals surface area contributed by atoms with E-state index in [4.69, 9.17) is 5.10 Å². The largest absolute Gasteiger partial charge is 0.347 e. The van der Waals surface area contributed by atoms with Gasteiger partial charge in [-0.05, 0) is 25.5 Å². The topological polar surface area (TPSA) is 76.0 Å². The molecule has 1 heterocycles. The van der Waals surface area contributed by atoms with Crippen molar-refractivity contribution < 1.29 is 9.59 Å². The van der Waals surface area contributed by atoms with E-state index in [1.807, 2.05) is 62.4 Å². The van der Waals surface area contributed by atoms with Crippen LogP contribution in [0.3, 0.4) is 0 Å². The summed E-state index contributed by atoms with van der Waals surface area (Å²) in [5.74, 6) is -0.0784. The fourth-order valence-electron chi connectivity index (χ4n) is 3.01. The molecule has 2 N–H and O–H groups in total. The summed E-state index contributed by atoms with van der Waals surface area (Å²) < 4.78 is 1.74. The molecule has 0 fully saturated rings. The number of hydrogen-bond acceptors (Lipinski definition) is 3. The van der Waals surface area contributed by atoms with Gasteiger partial charge in [0.1, 0.15) is 5.82 Å². The van der Waals surface area contributed by atoms with E-state index in [1.54, 1.807) is 18.5 Å². The number of carbonyl (C=O) groups is 2. The summed E-state index contributed by atoms with van der Waals surface area (Å²) in [6, 6.07) is 17.7. The number of aromatic nitrogens is 2. The summed E-state index contributed by atoms with van der Waals surface area (Å²) in [6.45, 7) is 7.54. The van der Waals surface area contributed by atoms with Crippen LogP contribution in [0, 0.1) is 19.8 Å². The van der Waals surface area contributed by atoms with Crippen LogP contribution < -0.4 is 10.6 Å². The number of nitrogens with one attached hydrogen (secondary N) is 2. The molecule has 2 aromatic carbocycles. The van der Waals surface area contributed by atoms with Crippen molar-refractivity contribution in [2.45, 2.75) is 27.7 Å². The van der Waals surface area contributed by atoms with Gasteiger partial charge in [-0.3, -0.25) is 9.59 Å². The molecule has 2 amide bonds. The van der Waals surface area contributed by atoms with Crippen LogP contribution in [0.1, 0.15) is 25.0 Å². The first-order chi connectivity index (χ1) is 13.8. The molecule has 1 aromatic heterocycles. The standard InChI is InChI=1S/C23H26N4O2/c1-15(2)23(29)24-14-22(28)25-21-13-19(18-8-6-5-7-9-18)26-27(21)20-11-10-16(3)12-17(20)4/h5-13,15H,14H2,1-4H3,(H,24,29)(H,25,28). The molecule has 0 saturated heterocycles. The Morgan fingerprint density at radius 3 is 2.41 bits per heavy atom. The number of aryl methyl sites for hydroxylation is 2. The highest BCUT2D eigenvalue weighted by Crippen LogP contribution is 2.26. The molecule has 0 aliphatic carbocycles. The van der Waals surface area contributed by atoms with Crippen molar-refractivity contribution in [1.82, 2.24) is 15.1 Å². The summed E-state index contributed by atoms with van der Waals surface area (Å²) in [4.78, 5) is 24.2. The van der Waals surface area contributed by atoms with E-state index in [-0.39, 0.29) is 24.3 Å². The monoisotopic (exact) mass is 390 g/mol. The summed E-state index contributed by atoms with van der Waals surface area (Å²) >= 11 is 0. The highest BCUT2D eigenvalue weighted by Gasteiger charge is 2.16. The molecule has 0 atom stereocenters. The Labute approximate surface area is 170 Å². The molecular weight excluding hydrogens is 364 g/mol. The minimum atomic E-state index is -0.301. The molecule has 6 heteroatoms. The highest BCUT2D eigenvalue weighted by atomic mass is 16.2. The lowest BCUT2D eigenvalue weighted by molar-refractivity contribution is -0.126. The smallest absolute Gasteiger partial charge is 0.244 e. The van der Waals surface area contributed by atoms with E-state index < -0.39 is 0 Å². The zero-order valence-corrected chi connectivity index (χ0v) is 17.2. The molecule has 0 spiro atoms. The number of hydrogen-bond donors (Lipinski definition) is 2. The second-order valence-corrected chi connectivity index (χ2v) is 7.40. The quantitative estimate of drug-likeness (QED) is 0.671. The first-order valence-corrected chi connectivity index (χ1v) is 9.66. The van der Waals surface area contributed by atoms with Crippen LogP contribution >= 0.6 is 0 Å². The second kappa shape index (κ2) is 8.73. The lowest BCUT2D eigenvalue weighted by Gasteiger charge is -2.12. The molecule has 29 heavy (non-hydrogen) atoms. The van der Waals surface area contributed by atoms with Crippen LogP contribution in [0.5, 0.6) is 0 Å². The highest BCUT2D eigenvalue weighted by molar-refractivity contribution is 5.94. The van der Waals surface area contributed by atoms with Gasteiger partial charge in [-0.25, -0.2) is 4.68 Å². The van der Waals surface area contributed by atoms with Crippen molar-refractivity contribution in [3.63, 3.8) is 0 Å². The fourth-order valence-corrected chi connectivity index (χ4v) is 3.01. The lowest BCUT2D eigenvalue weighted by Crippen LogP contribution is -2.35. The first-order valence-electron chi connectivity index (χ1n) is 9.66. The molecule has 3 aromatic rings. The van der Waals surface area contributed by atoms with E-state index >= 15 is 0 Å². The predicted molar refractivity (Wildman–Crippen MR) is 115 cm³/mol. The van der Waals surface area contributed by atoms with Crippen LogP contribution in [0.4, 0.5) is 5.82 Å². The summed E-state index contributed by atoms with van der Waals surface area (Å²) in [5, 5.41) is 10.3. The minimum Gasteiger partial charge on any atom is -0.347 e. The van der Waals surface area contributed by atoms with Gasteiger partial charge in [-0.1, -0.05) is 61.9 Å². The zero-order chi connectivity index (χ0) is 21.0. The minimum absolute atomic E-state index is 0.0876.